The van der Waals surface area contributed by atoms with E-state index in [4.69, 9.17) is 4.74 Å². The third-order valence-electron chi connectivity index (χ3n) is 3.61. The summed E-state index contributed by atoms with van der Waals surface area (Å²) in [5, 5.41) is 6.51. The number of nitrogens with zero attached hydrogens (tertiary/aromatic N) is 2. The molecule has 0 aromatic heterocycles. The Balaban J connectivity index is 0.00000529. The van der Waals surface area contributed by atoms with Crippen molar-refractivity contribution in [1.82, 2.24) is 15.5 Å². The quantitative estimate of drug-likeness (QED) is 0.241. The van der Waals surface area contributed by atoms with Gasteiger partial charge in [0.25, 0.3) is 0 Å². The number of hydrogen-bond donors (Lipinski definition) is 2. The minimum atomic E-state index is -0.832. The third-order valence-corrected chi connectivity index (χ3v) is 5.55. The van der Waals surface area contributed by atoms with E-state index in [0.29, 0.717) is 12.3 Å². The second-order valence-corrected chi connectivity index (χ2v) is 8.98. The Morgan fingerprint density at radius 1 is 1.25 bits per heavy atom. The summed E-state index contributed by atoms with van der Waals surface area (Å²) in [5.41, 5.74) is 0. The van der Waals surface area contributed by atoms with Gasteiger partial charge in [0, 0.05) is 60.6 Å². The monoisotopic (exact) mass is 474 g/mol. The van der Waals surface area contributed by atoms with Gasteiger partial charge < -0.3 is 15.4 Å². The van der Waals surface area contributed by atoms with E-state index in [9.17, 15) is 4.21 Å². The van der Waals surface area contributed by atoms with E-state index in [1.165, 1.54) is 0 Å². The lowest BCUT2D eigenvalue weighted by atomic mass is 10.3. The Kier molecular flexibility index (Phi) is 13.3. The van der Waals surface area contributed by atoms with Gasteiger partial charge in [-0.2, -0.15) is 0 Å². The molecule has 6 nitrogen and oxygen atoms in total. The zero-order valence-electron chi connectivity index (χ0n) is 15.6. The zero-order chi connectivity index (χ0) is 17.1. The van der Waals surface area contributed by atoms with Gasteiger partial charge in [0.15, 0.2) is 5.96 Å². The van der Waals surface area contributed by atoms with Crippen LogP contribution in [-0.2, 0) is 15.5 Å². The molecule has 0 aromatic carbocycles. The van der Waals surface area contributed by atoms with E-state index in [-0.39, 0.29) is 28.7 Å². The molecule has 8 heteroatoms. The molecule has 1 unspecified atom stereocenters. The molecule has 0 bridgehead atoms. The average Bonchev–Trinajstić information content (AvgIpc) is 2.51. The van der Waals surface area contributed by atoms with Crippen molar-refractivity contribution in [3.63, 3.8) is 0 Å². The van der Waals surface area contributed by atoms with Gasteiger partial charge in [0.1, 0.15) is 0 Å². The molecule has 0 aliphatic carbocycles. The van der Waals surface area contributed by atoms with Gasteiger partial charge in [0.05, 0.1) is 13.2 Å². The lowest BCUT2D eigenvalue weighted by Gasteiger charge is -2.26. The summed E-state index contributed by atoms with van der Waals surface area (Å²) in [6.45, 7) is 15.2. The molecule has 1 atom stereocenters. The predicted octanol–water partition coefficient (Wildman–Crippen LogP) is 1.43. The van der Waals surface area contributed by atoms with Crippen LogP contribution in [0.25, 0.3) is 0 Å². The Hall–Kier alpha value is 0.0700. The van der Waals surface area contributed by atoms with Crippen LogP contribution in [0.15, 0.2) is 4.99 Å². The number of guanidine groups is 1. The molecular weight excluding hydrogens is 439 g/mol. The molecule has 1 aliphatic heterocycles. The van der Waals surface area contributed by atoms with E-state index in [2.05, 4.69) is 27.4 Å². The smallest absolute Gasteiger partial charge is 0.191 e. The number of rotatable bonds is 8. The number of aliphatic imine (C=N–C) groups is 1. The van der Waals surface area contributed by atoms with Gasteiger partial charge >= 0.3 is 0 Å². The van der Waals surface area contributed by atoms with Gasteiger partial charge in [-0.1, -0.05) is 0 Å². The summed E-state index contributed by atoms with van der Waals surface area (Å²) in [5.74, 6) is 1.46. The van der Waals surface area contributed by atoms with Crippen LogP contribution in [0.4, 0.5) is 0 Å². The van der Waals surface area contributed by atoms with Gasteiger partial charge in [-0.05, 0) is 34.1 Å². The highest BCUT2D eigenvalue weighted by Crippen LogP contribution is 2.10. The molecule has 0 aromatic rings. The van der Waals surface area contributed by atoms with Crippen LogP contribution in [-0.4, -0.2) is 78.1 Å². The Morgan fingerprint density at radius 2 is 1.92 bits per heavy atom. The molecule has 0 spiro atoms. The lowest BCUT2D eigenvalue weighted by Crippen LogP contribution is -2.40. The molecule has 144 valence electrons. The minimum Gasteiger partial charge on any atom is -0.379 e. The summed E-state index contributed by atoms with van der Waals surface area (Å²) < 4.78 is 17.2. The number of morpholine rings is 1. The third kappa shape index (κ3) is 10.8. The highest BCUT2D eigenvalue weighted by atomic mass is 127. The van der Waals surface area contributed by atoms with E-state index in [1.807, 2.05) is 20.8 Å². The fourth-order valence-corrected chi connectivity index (χ4v) is 3.12. The molecule has 1 saturated heterocycles. The molecule has 1 aliphatic rings. The fourth-order valence-electron chi connectivity index (χ4n) is 2.22. The van der Waals surface area contributed by atoms with Crippen LogP contribution in [0.1, 0.15) is 34.1 Å². The van der Waals surface area contributed by atoms with Gasteiger partial charge in [-0.15, -0.1) is 24.0 Å². The summed E-state index contributed by atoms with van der Waals surface area (Å²) in [6.07, 6.45) is 1.05. The van der Waals surface area contributed by atoms with Crippen molar-refractivity contribution in [2.24, 2.45) is 4.99 Å². The highest BCUT2D eigenvalue weighted by Gasteiger charge is 2.18. The van der Waals surface area contributed by atoms with Gasteiger partial charge in [0.2, 0.25) is 0 Å². The molecule has 1 fully saturated rings. The first-order valence-corrected chi connectivity index (χ1v) is 9.96. The molecule has 0 saturated carbocycles. The zero-order valence-corrected chi connectivity index (χ0v) is 18.7. The maximum Gasteiger partial charge on any atom is 0.191 e. The maximum atomic E-state index is 12.0. The standard InChI is InChI=1S/C16H34N4O2S.HI/c1-5-17-15(19-8-14-23(21)16(2,3)4)18-7-6-9-20-10-12-22-13-11-20;/h5-14H2,1-4H3,(H2,17,18,19);1H. The normalized spacial score (nSPS) is 17.9. The van der Waals surface area contributed by atoms with Crippen LogP contribution in [0.3, 0.4) is 0 Å². The Labute approximate surface area is 167 Å². The molecule has 0 amide bonds. The number of hydrogen-bond acceptors (Lipinski definition) is 4. The lowest BCUT2D eigenvalue weighted by molar-refractivity contribution is 0.0377. The van der Waals surface area contributed by atoms with Crippen LogP contribution < -0.4 is 10.6 Å². The molecule has 0 radical (unpaired) electrons. The first-order chi connectivity index (χ1) is 10.9. The van der Waals surface area contributed by atoms with Gasteiger partial charge in [-0.3, -0.25) is 14.1 Å². The number of nitrogens with one attached hydrogen (secondary N) is 2. The summed E-state index contributed by atoms with van der Waals surface area (Å²) in [7, 11) is -0.832. The van der Waals surface area contributed by atoms with E-state index < -0.39 is 10.8 Å². The second-order valence-electron chi connectivity index (χ2n) is 6.66. The molecule has 24 heavy (non-hydrogen) atoms. The Morgan fingerprint density at radius 3 is 2.50 bits per heavy atom. The number of ether oxygens (including phenoxy) is 1. The molecule has 2 N–H and O–H groups in total. The van der Waals surface area contributed by atoms with Gasteiger partial charge in [-0.25, -0.2) is 0 Å². The summed E-state index contributed by atoms with van der Waals surface area (Å²) in [6, 6.07) is 0. The van der Waals surface area contributed by atoms with Crippen molar-refractivity contribution >= 4 is 40.7 Å². The van der Waals surface area contributed by atoms with Crippen molar-refractivity contribution in [2.45, 2.75) is 38.9 Å². The van der Waals surface area contributed by atoms with Crippen molar-refractivity contribution in [2.75, 3.05) is 58.2 Å². The predicted molar refractivity (Wildman–Crippen MR) is 114 cm³/mol. The highest BCUT2D eigenvalue weighted by molar-refractivity contribution is 14.0. The number of halogens is 1. The van der Waals surface area contributed by atoms with E-state index >= 15 is 0 Å². The summed E-state index contributed by atoms with van der Waals surface area (Å²) in [4.78, 5) is 7.02. The van der Waals surface area contributed by atoms with Crippen LogP contribution in [0, 0.1) is 0 Å². The van der Waals surface area contributed by atoms with Crippen molar-refractivity contribution < 1.29 is 8.95 Å². The van der Waals surface area contributed by atoms with E-state index in [1.54, 1.807) is 0 Å². The minimum absolute atomic E-state index is 0. The maximum absolute atomic E-state index is 12.0. The summed E-state index contributed by atoms with van der Waals surface area (Å²) >= 11 is 0. The van der Waals surface area contributed by atoms with E-state index in [0.717, 1.165) is 58.3 Å². The fraction of sp³-hybridized carbons (Fsp3) is 0.938. The second kappa shape index (κ2) is 13.3. The van der Waals surface area contributed by atoms with Crippen LogP contribution in [0.5, 0.6) is 0 Å². The van der Waals surface area contributed by atoms with Crippen LogP contribution in [0.2, 0.25) is 0 Å². The average molecular weight is 474 g/mol. The molecular formula is C16H35IN4O2S. The van der Waals surface area contributed by atoms with Crippen LogP contribution >= 0.6 is 24.0 Å². The topological polar surface area (TPSA) is 66.0 Å². The largest absolute Gasteiger partial charge is 0.379 e. The molecule has 1 rings (SSSR count). The van der Waals surface area contributed by atoms with Crippen molar-refractivity contribution in [3.05, 3.63) is 0 Å². The first-order valence-electron chi connectivity index (χ1n) is 8.64. The Bertz CT molecular complexity index is 383. The first kappa shape index (κ1) is 24.1. The van der Waals surface area contributed by atoms with Crippen molar-refractivity contribution in [3.8, 4) is 0 Å². The van der Waals surface area contributed by atoms with Crippen molar-refractivity contribution in [1.29, 1.82) is 0 Å². The molecule has 1 heterocycles. The SMILES string of the molecule is CCNC(=NCCCN1CCOCC1)NCCS(=O)C(C)(C)C.I.